The average Bonchev–Trinajstić information content (AvgIpc) is 3.09. The van der Waals surface area contributed by atoms with Crippen LogP contribution in [0.15, 0.2) is 84.9 Å². The Labute approximate surface area is 215 Å². The zero-order valence-electron chi connectivity index (χ0n) is 21.2. The lowest BCUT2D eigenvalue weighted by Gasteiger charge is -2.45. The van der Waals surface area contributed by atoms with E-state index >= 15 is 0 Å². The normalized spacial score (nSPS) is 18.9. The molecule has 0 aliphatic carbocycles. The predicted octanol–water partition coefficient (Wildman–Crippen LogP) is 6.39. The molecular formula is C32H27NO4. The SMILES string of the molecule is COC(=O)c1ccc2c(c1)C=CC1(O2)N(C)c2ccc(C(=O)c3cccc4ccccc34)cc2C1(C)C. The molecule has 6 rings (SSSR count). The highest BCUT2D eigenvalue weighted by atomic mass is 16.5. The van der Waals surface area contributed by atoms with Gasteiger partial charge in [-0.25, -0.2) is 4.79 Å². The summed E-state index contributed by atoms with van der Waals surface area (Å²) >= 11 is 0. The lowest BCUT2D eigenvalue weighted by molar-refractivity contribution is 0.0574. The molecule has 4 aromatic rings. The first-order valence-electron chi connectivity index (χ1n) is 12.3. The molecule has 1 spiro atoms. The standard InChI is InChI=1S/C32H27NO4/c1-31(2)26-19-22(29(34)25-11-7-9-20-8-5-6-10-24(20)25)12-14-27(26)33(3)32(31)17-16-21-18-23(30(35)36-4)13-15-28(21)37-32/h5-19H,1-4H3. The number of fused-ring (bicyclic) bond motifs is 3. The fourth-order valence-electron chi connectivity index (χ4n) is 5.78. The second-order valence-corrected chi connectivity index (χ2v) is 10.1. The molecule has 37 heavy (non-hydrogen) atoms. The van der Waals surface area contributed by atoms with Crippen molar-refractivity contribution >= 4 is 34.3 Å². The number of carbonyl (C=O) groups is 2. The first-order chi connectivity index (χ1) is 17.8. The van der Waals surface area contributed by atoms with Gasteiger partial charge in [-0.3, -0.25) is 4.79 Å². The molecule has 0 N–H and O–H groups in total. The number of methoxy groups -OCH3 is 1. The zero-order chi connectivity index (χ0) is 25.9. The van der Waals surface area contributed by atoms with Gasteiger partial charge in [0.2, 0.25) is 5.72 Å². The summed E-state index contributed by atoms with van der Waals surface area (Å²) < 4.78 is 11.6. The number of benzene rings is 4. The van der Waals surface area contributed by atoms with E-state index in [1.807, 2.05) is 85.9 Å². The van der Waals surface area contributed by atoms with Crippen molar-refractivity contribution < 1.29 is 19.1 Å². The Bertz CT molecular complexity index is 1630. The average molecular weight is 490 g/mol. The van der Waals surface area contributed by atoms with E-state index in [1.165, 1.54) is 7.11 Å². The summed E-state index contributed by atoms with van der Waals surface area (Å²) in [7, 11) is 3.38. The first-order valence-corrected chi connectivity index (χ1v) is 12.3. The number of rotatable bonds is 3. The number of anilines is 1. The van der Waals surface area contributed by atoms with Crippen molar-refractivity contribution in [3.05, 3.63) is 113 Å². The molecule has 0 fully saturated rings. The van der Waals surface area contributed by atoms with Crippen molar-refractivity contribution in [3.63, 3.8) is 0 Å². The highest BCUT2D eigenvalue weighted by Gasteiger charge is 2.57. The molecule has 2 aliphatic heterocycles. The minimum atomic E-state index is -0.795. The van der Waals surface area contributed by atoms with E-state index in [2.05, 4.69) is 18.7 Å². The van der Waals surface area contributed by atoms with Crippen LogP contribution in [0.5, 0.6) is 5.75 Å². The van der Waals surface area contributed by atoms with E-state index in [-0.39, 0.29) is 11.8 Å². The van der Waals surface area contributed by atoms with Gasteiger partial charge in [-0.1, -0.05) is 42.5 Å². The molecule has 5 heteroatoms. The van der Waals surface area contributed by atoms with Crippen LogP contribution in [0.4, 0.5) is 5.69 Å². The van der Waals surface area contributed by atoms with Crippen LogP contribution < -0.4 is 9.64 Å². The van der Waals surface area contributed by atoms with Crippen LogP contribution in [0, 0.1) is 0 Å². The van der Waals surface area contributed by atoms with Crippen LogP contribution >= 0.6 is 0 Å². The molecule has 0 saturated heterocycles. The first kappa shape index (κ1) is 23.0. The Morgan fingerprint density at radius 1 is 0.892 bits per heavy atom. The number of ketones is 1. The quantitative estimate of drug-likeness (QED) is 0.247. The smallest absolute Gasteiger partial charge is 0.337 e. The highest BCUT2D eigenvalue weighted by molar-refractivity contribution is 6.16. The molecule has 2 heterocycles. The summed E-state index contributed by atoms with van der Waals surface area (Å²) in [5.41, 5.74) is 3.42. The molecule has 0 amide bonds. The summed E-state index contributed by atoms with van der Waals surface area (Å²) in [6.07, 6.45) is 4.04. The Balaban J connectivity index is 1.40. The number of carbonyl (C=O) groups excluding carboxylic acids is 2. The molecule has 1 atom stereocenters. The topological polar surface area (TPSA) is 55.8 Å². The zero-order valence-corrected chi connectivity index (χ0v) is 21.2. The maximum atomic E-state index is 13.7. The maximum Gasteiger partial charge on any atom is 0.337 e. The second-order valence-electron chi connectivity index (χ2n) is 10.1. The number of nitrogens with zero attached hydrogens (tertiary/aromatic N) is 1. The predicted molar refractivity (Wildman–Crippen MR) is 145 cm³/mol. The molecular weight excluding hydrogens is 462 g/mol. The van der Waals surface area contributed by atoms with Crippen LogP contribution in [0.1, 0.15) is 51.3 Å². The third-order valence-corrected chi connectivity index (χ3v) is 7.91. The lowest BCUT2D eigenvalue weighted by Crippen LogP contribution is -2.58. The molecule has 2 aliphatic rings. The van der Waals surface area contributed by atoms with E-state index in [4.69, 9.17) is 9.47 Å². The van der Waals surface area contributed by atoms with Crippen LogP contribution in [0.25, 0.3) is 16.8 Å². The minimum Gasteiger partial charge on any atom is -0.465 e. The fraction of sp³-hybridized carbons (Fsp3) is 0.188. The van der Waals surface area contributed by atoms with Gasteiger partial charge in [0.1, 0.15) is 5.75 Å². The molecule has 0 bridgehead atoms. The minimum absolute atomic E-state index is 0.000192. The van der Waals surface area contributed by atoms with Crippen molar-refractivity contribution in [1.29, 1.82) is 0 Å². The van der Waals surface area contributed by atoms with Crippen molar-refractivity contribution in [2.75, 3.05) is 19.1 Å². The number of hydrogen-bond donors (Lipinski definition) is 0. The molecule has 4 aromatic carbocycles. The number of ether oxygens (including phenoxy) is 2. The summed E-state index contributed by atoms with van der Waals surface area (Å²) in [6.45, 7) is 4.28. The maximum absolute atomic E-state index is 13.7. The summed E-state index contributed by atoms with van der Waals surface area (Å²) in [4.78, 5) is 27.8. The van der Waals surface area contributed by atoms with Gasteiger partial charge in [-0.15, -0.1) is 0 Å². The third kappa shape index (κ3) is 3.23. The molecule has 5 nitrogen and oxygen atoms in total. The van der Waals surface area contributed by atoms with Crippen LogP contribution in [-0.4, -0.2) is 31.6 Å². The molecule has 184 valence electrons. The monoisotopic (exact) mass is 489 g/mol. The molecule has 0 saturated carbocycles. The fourth-order valence-corrected chi connectivity index (χ4v) is 5.78. The van der Waals surface area contributed by atoms with Gasteiger partial charge in [0.05, 0.1) is 18.1 Å². The van der Waals surface area contributed by atoms with Crippen LogP contribution in [0.3, 0.4) is 0 Å². The number of esters is 1. The van der Waals surface area contributed by atoms with Crippen LogP contribution in [-0.2, 0) is 10.2 Å². The van der Waals surface area contributed by atoms with Gasteiger partial charge in [0.25, 0.3) is 0 Å². The van der Waals surface area contributed by atoms with Crippen molar-refractivity contribution in [3.8, 4) is 5.75 Å². The van der Waals surface area contributed by atoms with Crippen molar-refractivity contribution in [2.45, 2.75) is 25.0 Å². The number of likely N-dealkylation sites (N-methyl/N-ethyl adjacent to an activating group) is 1. The Morgan fingerprint density at radius 2 is 1.65 bits per heavy atom. The number of hydrogen-bond acceptors (Lipinski definition) is 5. The van der Waals surface area contributed by atoms with Gasteiger partial charge >= 0.3 is 5.97 Å². The van der Waals surface area contributed by atoms with Gasteiger partial charge in [-0.05, 0) is 78.7 Å². The Morgan fingerprint density at radius 3 is 2.46 bits per heavy atom. The Hall–Kier alpha value is -4.38. The van der Waals surface area contributed by atoms with E-state index < -0.39 is 11.1 Å². The highest BCUT2D eigenvalue weighted by Crippen LogP contribution is 2.54. The molecule has 0 radical (unpaired) electrons. The van der Waals surface area contributed by atoms with E-state index in [0.717, 1.165) is 27.6 Å². The van der Waals surface area contributed by atoms with Gasteiger partial charge in [0, 0.05) is 29.4 Å². The second kappa shape index (κ2) is 8.07. The van der Waals surface area contributed by atoms with Crippen molar-refractivity contribution in [2.24, 2.45) is 0 Å². The summed E-state index contributed by atoms with van der Waals surface area (Å²) in [5, 5.41) is 1.99. The van der Waals surface area contributed by atoms with E-state index in [1.54, 1.807) is 12.1 Å². The van der Waals surface area contributed by atoms with E-state index in [9.17, 15) is 9.59 Å². The summed E-state index contributed by atoms with van der Waals surface area (Å²) in [5.74, 6) is 0.306. The summed E-state index contributed by atoms with van der Waals surface area (Å²) in [6, 6.07) is 25.0. The molecule has 1 unspecified atom stereocenters. The largest absolute Gasteiger partial charge is 0.465 e. The Kier molecular flexibility index (Phi) is 5.02. The van der Waals surface area contributed by atoms with Crippen LogP contribution in [0.2, 0.25) is 0 Å². The van der Waals surface area contributed by atoms with Crippen molar-refractivity contribution in [1.82, 2.24) is 0 Å². The lowest BCUT2D eigenvalue weighted by atomic mass is 9.75. The van der Waals surface area contributed by atoms with Gasteiger partial charge in [0.15, 0.2) is 5.78 Å². The third-order valence-electron chi connectivity index (χ3n) is 7.91. The van der Waals surface area contributed by atoms with Gasteiger partial charge in [-0.2, -0.15) is 0 Å². The van der Waals surface area contributed by atoms with Gasteiger partial charge < -0.3 is 14.4 Å². The van der Waals surface area contributed by atoms with E-state index in [0.29, 0.717) is 22.4 Å². The molecule has 0 aromatic heterocycles.